The molecule has 0 radical (unpaired) electrons. The zero-order valence-corrected chi connectivity index (χ0v) is 12.3. The smallest absolute Gasteiger partial charge is 0.240 e. The molecule has 0 aliphatic heterocycles. The lowest BCUT2D eigenvalue weighted by molar-refractivity contribution is 0.510. The quantitative estimate of drug-likeness (QED) is 0.666. The highest BCUT2D eigenvalue weighted by Crippen LogP contribution is 2.24. The van der Waals surface area contributed by atoms with E-state index >= 15 is 0 Å². The largest absolute Gasteiger partial charge is 0.398 e. The Bertz CT molecular complexity index is 538. The number of hydrogen-bond donors (Lipinski definition) is 2. The highest BCUT2D eigenvalue weighted by atomic mass is 35.5. The molecule has 1 aliphatic rings. The molecule has 0 unspecified atom stereocenters. The maximum absolute atomic E-state index is 12.3. The molecule has 0 amide bonds. The van der Waals surface area contributed by atoms with Gasteiger partial charge in [-0.1, -0.05) is 37.3 Å². The molecule has 0 spiro atoms. The van der Waals surface area contributed by atoms with Crippen LogP contribution in [-0.4, -0.2) is 14.5 Å². The molecule has 4 nitrogen and oxygen atoms in total. The van der Waals surface area contributed by atoms with Crippen molar-refractivity contribution in [3.8, 4) is 0 Å². The molecule has 0 heterocycles. The highest BCUT2D eigenvalue weighted by molar-refractivity contribution is 7.89. The minimum atomic E-state index is -3.51. The van der Waals surface area contributed by atoms with Gasteiger partial charge in [-0.2, -0.15) is 0 Å². The van der Waals surface area contributed by atoms with Gasteiger partial charge in [-0.3, -0.25) is 0 Å². The second-order valence-electron chi connectivity index (χ2n) is 4.99. The van der Waals surface area contributed by atoms with Crippen LogP contribution in [0.3, 0.4) is 0 Å². The summed E-state index contributed by atoms with van der Waals surface area (Å²) in [6, 6.07) is 4.43. The Balaban J connectivity index is 2.14. The normalized spacial score (nSPS) is 18.2. The first kappa shape index (κ1) is 14.6. The van der Waals surface area contributed by atoms with Crippen molar-refractivity contribution in [2.24, 2.45) is 0 Å². The topological polar surface area (TPSA) is 72.2 Å². The molecule has 6 heteroatoms. The number of benzene rings is 1. The van der Waals surface area contributed by atoms with Crippen LogP contribution in [0.5, 0.6) is 0 Å². The van der Waals surface area contributed by atoms with Crippen molar-refractivity contribution in [1.82, 2.24) is 4.72 Å². The molecule has 19 heavy (non-hydrogen) atoms. The average Bonchev–Trinajstić information content (AvgIpc) is 2.60. The summed E-state index contributed by atoms with van der Waals surface area (Å²) in [5, 5.41) is 0.267. The number of nitrogen functional groups attached to an aromatic ring is 1. The molecule has 0 aromatic heterocycles. The molecule has 1 fully saturated rings. The predicted molar refractivity (Wildman–Crippen MR) is 77.7 cm³/mol. The standard InChI is InChI=1S/C13H19ClN2O2S/c14-12-9-11(7-8-13(12)15)19(17,18)16-10-5-3-1-2-4-6-10/h7-10,16H,1-6,15H2. The second kappa shape index (κ2) is 6.11. The Morgan fingerprint density at radius 1 is 1.16 bits per heavy atom. The van der Waals surface area contributed by atoms with Gasteiger partial charge in [-0.05, 0) is 31.0 Å². The lowest BCUT2D eigenvalue weighted by Gasteiger charge is -2.16. The van der Waals surface area contributed by atoms with Crippen molar-refractivity contribution in [1.29, 1.82) is 0 Å². The van der Waals surface area contributed by atoms with E-state index in [1.165, 1.54) is 31.0 Å². The van der Waals surface area contributed by atoms with Crippen molar-refractivity contribution >= 4 is 27.3 Å². The van der Waals surface area contributed by atoms with Gasteiger partial charge in [0.25, 0.3) is 0 Å². The van der Waals surface area contributed by atoms with E-state index in [0.29, 0.717) is 5.69 Å². The zero-order chi connectivity index (χ0) is 13.9. The van der Waals surface area contributed by atoms with E-state index in [2.05, 4.69) is 4.72 Å². The molecule has 1 saturated carbocycles. The molecule has 106 valence electrons. The number of halogens is 1. The van der Waals surface area contributed by atoms with Crippen LogP contribution in [0.4, 0.5) is 5.69 Å². The first-order chi connectivity index (χ1) is 8.99. The van der Waals surface area contributed by atoms with Crippen LogP contribution in [0.1, 0.15) is 38.5 Å². The molecular formula is C13H19ClN2O2S. The van der Waals surface area contributed by atoms with E-state index in [0.717, 1.165) is 25.7 Å². The van der Waals surface area contributed by atoms with Crippen molar-refractivity contribution < 1.29 is 8.42 Å². The van der Waals surface area contributed by atoms with Gasteiger partial charge in [0.2, 0.25) is 10.0 Å². The van der Waals surface area contributed by atoms with Gasteiger partial charge in [-0.25, -0.2) is 13.1 Å². The van der Waals surface area contributed by atoms with Gasteiger partial charge < -0.3 is 5.73 Å². The summed E-state index contributed by atoms with van der Waals surface area (Å²) in [6.45, 7) is 0. The van der Waals surface area contributed by atoms with E-state index in [4.69, 9.17) is 17.3 Å². The number of sulfonamides is 1. The van der Waals surface area contributed by atoms with Gasteiger partial charge in [0.05, 0.1) is 15.6 Å². The minimum Gasteiger partial charge on any atom is -0.398 e. The van der Waals surface area contributed by atoms with Crippen LogP contribution in [0.25, 0.3) is 0 Å². The molecule has 3 N–H and O–H groups in total. The van der Waals surface area contributed by atoms with Crippen LogP contribution >= 0.6 is 11.6 Å². The van der Waals surface area contributed by atoms with Crippen LogP contribution in [0, 0.1) is 0 Å². The van der Waals surface area contributed by atoms with E-state index in [1.54, 1.807) is 0 Å². The van der Waals surface area contributed by atoms with Gasteiger partial charge >= 0.3 is 0 Å². The van der Waals surface area contributed by atoms with Crippen LogP contribution < -0.4 is 10.5 Å². The summed E-state index contributed by atoms with van der Waals surface area (Å²) >= 11 is 5.87. The van der Waals surface area contributed by atoms with Crippen molar-refractivity contribution in [3.05, 3.63) is 23.2 Å². The van der Waals surface area contributed by atoms with Crippen LogP contribution in [-0.2, 0) is 10.0 Å². The summed E-state index contributed by atoms with van der Waals surface area (Å²) in [6.07, 6.45) is 6.34. The van der Waals surface area contributed by atoms with Gasteiger partial charge in [0, 0.05) is 6.04 Å². The van der Waals surface area contributed by atoms with E-state index < -0.39 is 10.0 Å². The lowest BCUT2D eigenvalue weighted by atomic mass is 10.1. The highest BCUT2D eigenvalue weighted by Gasteiger charge is 2.21. The number of hydrogen-bond acceptors (Lipinski definition) is 3. The first-order valence-corrected chi connectivity index (χ1v) is 8.42. The van der Waals surface area contributed by atoms with Crippen molar-refractivity contribution in [2.75, 3.05) is 5.73 Å². The third-order valence-corrected chi connectivity index (χ3v) is 5.30. The van der Waals surface area contributed by atoms with Crippen molar-refractivity contribution in [2.45, 2.75) is 49.5 Å². The molecule has 1 aromatic rings. The maximum atomic E-state index is 12.3. The maximum Gasteiger partial charge on any atom is 0.240 e. The Morgan fingerprint density at radius 3 is 2.37 bits per heavy atom. The second-order valence-corrected chi connectivity index (χ2v) is 7.11. The fourth-order valence-electron chi connectivity index (χ4n) is 2.36. The fraction of sp³-hybridized carbons (Fsp3) is 0.538. The predicted octanol–water partition coefficient (Wildman–Crippen LogP) is 2.92. The first-order valence-electron chi connectivity index (χ1n) is 6.56. The van der Waals surface area contributed by atoms with Gasteiger partial charge in [0.1, 0.15) is 0 Å². The SMILES string of the molecule is Nc1ccc(S(=O)(=O)NC2CCCCCC2)cc1Cl. The van der Waals surface area contributed by atoms with Crippen LogP contribution in [0.15, 0.2) is 23.1 Å². The average molecular weight is 303 g/mol. The molecular weight excluding hydrogens is 284 g/mol. The monoisotopic (exact) mass is 302 g/mol. The molecule has 2 rings (SSSR count). The summed E-state index contributed by atoms with van der Waals surface area (Å²) in [5.41, 5.74) is 5.97. The molecule has 0 saturated heterocycles. The lowest BCUT2D eigenvalue weighted by Crippen LogP contribution is -2.34. The summed E-state index contributed by atoms with van der Waals surface area (Å²) in [7, 11) is -3.51. The minimum absolute atomic E-state index is 0.0313. The molecule has 1 aliphatic carbocycles. The Labute approximate surface area is 119 Å². The summed E-state index contributed by atoms with van der Waals surface area (Å²) in [5.74, 6) is 0. The molecule has 0 bridgehead atoms. The number of nitrogens with two attached hydrogens (primary N) is 1. The van der Waals surface area contributed by atoms with Gasteiger partial charge in [0.15, 0.2) is 0 Å². The third kappa shape index (κ3) is 3.84. The molecule has 1 aromatic carbocycles. The number of nitrogens with one attached hydrogen (secondary N) is 1. The molecule has 0 atom stereocenters. The summed E-state index contributed by atoms with van der Waals surface area (Å²) in [4.78, 5) is 0.177. The third-order valence-electron chi connectivity index (χ3n) is 3.46. The van der Waals surface area contributed by atoms with Crippen molar-refractivity contribution in [3.63, 3.8) is 0 Å². The van der Waals surface area contributed by atoms with Gasteiger partial charge in [-0.15, -0.1) is 0 Å². The van der Waals surface area contributed by atoms with E-state index in [1.807, 2.05) is 0 Å². The number of rotatable bonds is 3. The van der Waals surface area contributed by atoms with Crippen LogP contribution in [0.2, 0.25) is 5.02 Å². The fourth-order valence-corrected chi connectivity index (χ4v) is 3.94. The van der Waals surface area contributed by atoms with E-state index in [9.17, 15) is 8.42 Å². The Hall–Kier alpha value is -0.780. The number of anilines is 1. The summed E-state index contributed by atoms with van der Waals surface area (Å²) < 4.78 is 27.3. The zero-order valence-electron chi connectivity index (χ0n) is 10.7. The Morgan fingerprint density at radius 2 is 1.79 bits per heavy atom. The van der Waals surface area contributed by atoms with E-state index in [-0.39, 0.29) is 16.0 Å². The Kier molecular flexibility index (Phi) is 4.71.